The van der Waals surface area contributed by atoms with Crippen LogP contribution in [0.1, 0.15) is 43.0 Å². The number of halogens is 6. The third-order valence-corrected chi connectivity index (χ3v) is 7.70. The lowest BCUT2D eigenvalue weighted by molar-refractivity contribution is -0.288. The number of ether oxygens (including phenoxy) is 2. The standard InChI is InChI=1S/C36H31F6N3O5/c1-5-18-49-33(48)45-30-20-26(13-7-22(30)3)34(35(37,38)39,36(40,41)42)25-12-6-21(2)29(19-25)44-32(47)24-10-16-28(17-11-24)50-27-14-8-23(9-15-27)31(46)43-4/h5-17,19-20H,1,18H2,2-4H3,(H,43,46)(H,44,47)(H,45,48). The van der Waals surface area contributed by atoms with Crippen LogP contribution in [0.3, 0.4) is 0 Å². The van der Waals surface area contributed by atoms with Gasteiger partial charge in [-0.1, -0.05) is 36.9 Å². The highest BCUT2D eigenvalue weighted by Crippen LogP contribution is 2.57. The van der Waals surface area contributed by atoms with Crippen LogP contribution in [0.25, 0.3) is 0 Å². The summed E-state index contributed by atoms with van der Waals surface area (Å²) in [5.41, 5.74) is -6.81. The van der Waals surface area contributed by atoms with Crippen molar-refractivity contribution in [1.82, 2.24) is 5.32 Å². The number of hydrogen-bond acceptors (Lipinski definition) is 5. The predicted molar refractivity (Wildman–Crippen MR) is 175 cm³/mol. The molecule has 4 aromatic rings. The van der Waals surface area contributed by atoms with Gasteiger partial charge in [0.1, 0.15) is 18.1 Å². The monoisotopic (exact) mass is 699 g/mol. The smallest absolute Gasteiger partial charge is 0.411 e. The van der Waals surface area contributed by atoms with Crippen molar-refractivity contribution in [2.75, 3.05) is 24.3 Å². The minimum Gasteiger partial charge on any atom is -0.457 e. The summed E-state index contributed by atoms with van der Waals surface area (Å²) in [5, 5.41) is 7.09. The second-order valence-electron chi connectivity index (χ2n) is 11.0. The van der Waals surface area contributed by atoms with Crippen molar-refractivity contribution < 1.29 is 50.2 Å². The van der Waals surface area contributed by atoms with Crippen LogP contribution < -0.4 is 20.7 Å². The molecule has 8 nitrogen and oxygen atoms in total. The molecule has 0 aromatic heterocycles. The molecule has 0 spiro atoms. The molecule has 4 aromatic carbocycles. The fraction of sp³-hybridized carbons (Fsp3) is 0.194. The van der Waals surface area contributed by atoms with E-state index in [1.807, 2.05) is 0 Å². The molecule has 0 aliphatic rings. The van der Waals surface area contributed by atoms with Gasteiger partial charge in [0, 0.05) is 29.5 Å². The van der Waals surface area contributed by atoms with Crippen molar-refractivity contribution in [3.63, 3.8) is 0 Å². The number of carbonyl (C=O) groups is 3. The van der Waals surface area contributed by atoms with Crippen LogP contribution in [0.2, 0.25) is 0 Å². The van der Waals surface area contributed by atoms with Crippen LogP contribution in [0.4, 0.5) is 42.5 Å². The fourth-order valence-corrected chi connectivity index (χ4v) is 5.07. The second-order valence-corrected chi connectivity index (χ2v) is 11.0. The van der Waals surface area contributed by atoms with Gasteiger partial charge in [0.05, 0.1) is 0 Å². The largest absolute Gasteiger partial charge is 0.457 e. The van der Waals surface area contributed by atoms with Crippen LogP contribution in [0.5, 0.6) is 11.5 Å². The normalized spacial score (nSPS) is 11.7. The molecular weight excluding hydrogens is 668 g/mol. The predicted octanol–water partition coefficient (Wildman–Crippen LogP) is 8.85. The van der Waals surface area contributed by atoms with Gasteiger partial charge >= 0.3 is 18.4 Å². The first-order chi connectivity index (χ1) is 23.5. The van der Waals surface area contributed by atoms with Crippen molar-refractivity contribution in [3.8, 4) is 11.5 Å². The third-order valence-electron chi connectivity index (χ3n) is 7.70. The third kappa shape index (κ3) is 7.74. The van der Waals surface area contributed by atoms with E-state index in [2.05, 4.69) is 22.5 Å². The van der Waals surface area contributed by atoms with Crippen LogP contribution in [-0.2, 0) is 10.2 Å². The van der Waals surface area contributed by atoms with E-state index in [-0.39, 0.29) is 40.6 Å². The molecule has 0 bridgehead atoms. The van der Waals surface area contributed by atoms with Gasteiger partial charge in [-0.3, -0.25) is 14.9 Å². The van der Waals surface area contributed by atoms with E-state index in [0.717, 1.165) is 12.1 Å². The Bertz CT molecular complexity index is 1870. The molecule has 0 atom stereocenters. The highest BCUT2D eigenvalue weighted by atomic mass is 19.4. The Balaban J connectivity index is 1.67. The average Bonchev–Trinajstić information content (AvgIpc) is 3.06. The summed E-state index contributed by atoms with van der Waals surface area (Å²) in [7, 11) is 1.49. The molecule has 0 unspecified atom stereocenters. The minimum absolute atomic E-state index is 0.0348. The Labute approximate surface area is 283 Å². The molecule has 0 aliphatic carbocycles. The summed E-state index contributed by atoms with van der Waals surface area (Å²) in [6, 6.07) is 16.5. The van der Waals surface area contributed by atoms with Crippen molar-refractivity contribution in [2.45, 2.75) is 31.6 Å². The van der Waals surface area contributed by atoms with Crippen LogP contribution in [-0.4, -0.2) is 43.9 Å². The number of benzene rings is 4. The van der Waals surface area contributed by atoms with E-state index in [4.69, 9.17) is 9.47 Å². The first-order valence-corrected chi connectivity index (χ1v) is 14.8. The van der Waals surface area contributed by atoms with Crippen LogP contribution in [0, 0.1) is 13.8 Å². The highest BCUT2D eigenvalue weighted by molar-refractivity contribution is 6.04. The number of carbonyl (C=O) groups excluding carboxylic acids is 3. The van der Waals surface area contributed by atoms with Gasteiger partial charge in [-0.2, -0.15) is 26.3 Å². The maximum atomic E-state index is 15.0. The lowest BCUT2D eigenvalue weighted by Crippen LogP contribution is -2.54. The Hall–Kier alpha value is -5.79. The van der Waals surface area contributed by atoms with E-state index in [0.29, 0.717) is 41.3 Å². The van der Waals surface area contributed by atoms with Crippen molar-refractivity contribution >= 4 is 29.3 Å². The summed E-state index contributed by atoms with van der Waals surface area (Å²) in [6.07, 6.45) is -11.7. The lowest BCUT2D eigenvalue weighted by Gasteiger charge is -2.39. The van der Waals surface area contributed by atoms with E-state index in [1.165, 1.54) is 51.2 Å². The zero-order valence-corrected chi connectivity index (χ0v) is 26.9. The van der Waals surface area contributed by atoms with Gasteiger partial charge in [-0.15, -0.1) is 0 Å². The quantitative estimate of drug-likeness (QED) is 0.113. The zero-order chi connectivity index (χ0) is 36.9. The number of amides is 3. The van der Waals surface area contributed by atoms with Crippen LogP contribution in [0.15, 0.2) is 97.6 Å². The summed E-state index contributed by atoms with van der Waals surface area (Å²) < 4.78 is 100. The van der Waals surface area contributed by atoms with Gasteiger partial charge in [0.25, 0.3) is 11.8 Å². The molecule has 0 aliphatic heterocycles. The summed E-state index contributed by atoms with van der Waals surface area (Å²) >= 11 is 0. The maximum Gasteiger partial charge on any atom is 0.411 e. The minimum atomic E-state index is -5.93. The molecule has 0 heterocycles. The number of anilines is 2. The first kappa shape index (κ1) is 37.0. The molecule has 262 valence electrons. The molecule has 14 heteroatoms. The molecule has 4 rings (SSSR count). The van der Waals surface area contributed by atoms with Gasteiger partial charge in [0.2, 0.25) is 5.41 Å². The van der Waals surface area contributed by atoms with Gasteiger partial charge < -0.3 is 20.1 Å². The van der Waals surface area contributed by atoms with Gasteiger partial charge in [0.15, 0.2) is 0 Å². The fourth-order valence-electron chi connectivity index (χ4n) is 5.07. The highest BCUT2D eigenvalue weighted by Gasteiger charge is 2.72. The molecule has 0 fully saturated rings. The topological polar surface area (TPSA) is 106 Å². The second kappa shape index (κ2) is 14.8. The molecule has 0 saturated carbocycles. The number of alkyl halides is 6. The Morgan fingerprint density at radius 3 is 1.54 bits per heavy atom. The van der Waals surface area contributed by atoms with Crippen molar-refractivity contribution in [1.29, 1.82) is 0 Å². The number of aryl methyl sites for hydroxylation is 2. The Morgan fingerprint density at radius 1 is 0.680 bits per heavy atom. The number of nitrogens with one attached hydrogen (secondary N) is 3. The summed E-state index contributed by atoms with van der Waals surface area (Å²) in [6.45, 7) is 5.93. The summed E-state index contributed by atoms with van der Waals surface area (Å²) in [5.74, 6) is -0.385. The molecule has 50 heavy (non-hydrogen) atoms. The van der Waals surface area contributed by atoms with Crippen LogP contribution >= 0.6 is 0 Å². The molecular formula is C36H31F6N3O5. The average molecular weight is 700 g/mol. The van der Waals surface area contributed by atoms with E-state index < -0.39 is 40.9 Å². The molecule has 3 amide bonds. The molecule has 3 N–H and O–H groups in total. The van der Waals surface area contributed by atoms with E-state index in [9.17, 15) is 40.7 Å². The van der Waals surface area contributed by atoms with Gasteiger partial charge in [-0.25, -0.2) is 4.79 Å². The lowest BCUT2D eigenvalue weighted by atomic mass is 9.72. The number of rotatable bonds is 10. The van der Waals surface area contributed by atoms with Crippen molar-refractivity contribution in [3.05, 3.63) is 131 Å². The van der Waals surface area contributed by atoms with E-state index >= 15 is 0 Å². The zero-order valence-electron chi connectivity index (χ0n) is 26.9. The Morgan fingerprint density at radius 2 is 1.12 bits per heavy atom. The van der Waals surface area contributed by atoms with Gasteiger partial charge in [-0.05, 0) is 96.8 Å². The number of hydrogen-bond donors (Lipinski definition) is 3. The van der Waals surface area contributed by atoms with Crippen molar-refractivity contribution in [2.24, 2.45) is 0 Å². The van der Waals surface area contributed by atoms with E-state index in [1.54, 1.807) is 24.3 Å². The summed E-state index contributed by atoms with van der Waals surface area (Å²) in [4.78, 5) is 37.0. The Kier molecular flexibility index (Phi) is 10.9. The maximum absolute atomic E-state index is 15.0. The SMILES string of the molecule is C=CCOC(=O)Nc1cc(C(c2ccc(C)c(NC(=O)c3ccc(Oc4ccc(C(=O)NC)cc4)cc3)c2)(C(F)(F)F)C(F)(F)F)ccc1C. The molecule has 0 saturated heterocycles. The first-order valence-electron chi connectivity index (χ1n) is 14.8. The molecule has 0 radical (unpaired) electrons.